The van der Waals surface area contributed by atoms with Gasteiger partial charge in [0.1, 0.15) is 5.82 Å². The SMILES string of the molecule is O=[N+]([O-])c1ccc(CN(CCO)C2CCCCC2)c(F)c1. The monoisotopic (exact) mass is 296 g/mol. The van der Waals surface area contributed by atoms with E-state index in [1.54, 1.807) is 0 Å². The van der Waals surface area contributed by atoms with Gasteiger partial charge in [0.15, 0.2) is 0 Å². The molecule has 5 nitrogen and oxygen atoms in total. The Labute approximate surface area is 123 Å². The molecule has 1 aromatic carbocycles. The summed E-state index contributed by atoms with van der Waals surface area (Å²) in [6, 6.07) is 4.13. The number of rotatable bonds is 6. The fourth-order valence-electron chi connectivity index (χ4n) is 2.96. The third-order valence-corrected chi connectivity index (χ3v) is 4.10. The van der Waals surface area contributed by atoms with E-state index < -0.39 is 10.7 Å². The highest BCUT2D eigenvalue weighted by Gasteiger charge is 2.22. The van der Waals surface area contributed by atoms with E-state index in [-0.39, 0.29) is 12.3 Å². The fourth-order valence-corrected chi connectivity index (χ4v) is 2.96. The van der Waals surface area contributed by atoms with Gasteiger partial charge in [-0.3, -0.25) is 15.0 Å². The van der Waals surface area contributed by atoms with Gasteiger partial charge in [0.05, 0.1) is 17.6 Å². The highest BCUT2D eigenvalue weighted by atomic mass is 19.1. The van der Waals surface area contributed by atoms with Crippen LogP contribution in [0.1, 0.15) is 37.7 Å². The van der Waals surface area contributed by atoms with Gasteiger partial charge >= 0.3 is 0 Å². The van der Waals surface area contributed by atoms with Crippen molar-refractivity contribution in [2.75, 3.05) is 13.2 Å². The lowest BCUT2D eigenvalue weighted by Gasteiger charge is -2.34. The van der Waals surface area contributed by atoms with Gasteiger partial charge < -0.3 is 5.11 Å². The molecule has 1 aliphatic rings. The van der Waals surface area contributed by atoms with Crippen LogP contribution in [-0.4, -0.2) is 34.1 Å². The Morgan fingerprint density at radius 1 is 1.33 bits per heavy atom. The van der Waals surface area contributed by atoms with Crippen LogP contribution in [0.4, 0.5) is 10.1 Å². The zero-order valence-electron chi connectivity index (χ0n) is 12.0. The summed E-state index contributed by atoms with van der Waals surface area (Å²) in [6.07, 6.45) is 5.68. The molecule has 1 N–H and O–H groups in total. The number of aliphatic hydroxyl groups excluding tert-OH is 1. The molecule has 0 radical (unpaired) electrons. The molecule has 0 unspecified atom stereocenters. The van der Waals surface area contributed by atoms with E-state index in [0.29, 0.717) is 24.7 Å². The van der Waals surface area contributed by atoms with Crippen molar-refractivity contribution in [3.63, 3.8) is 0 Å². The molecule has 0 spiro atoms. The van der Waals surface area contributed by atoms with Gasteiger partial charge in [0, 0.05) is 30.8 Å². The van der Waals surface area contributed by atoms with E-state index in [9.17, 15) is 19.6 Å². The predicted molar refractivity (Wildman–Crippen MR) is 77.4 cm³/mol. The van der Waals surface area contributed by atoms with Crippen LogP contribution >= 0.6 is 0 Å². The van der Waals surface area contributed by atoms with Crippen LogP contribution in [0.3, 0.4) is 0 Å². The molecule has 6 heteroatoms. The second-order valence-corrected chi connectivity index (χ2v) is 5.52. The lowest BCUT2D eigenvalue weighted by atomic mass is 9.94. The first-order chi connectivity index (χ1) is 10.1. The van der Waals surface area contributed by atoms with Crippen molar-refractivity contribution in [1.29, 1.82) is 0 Å². The van der Waals surface area contributed by atoms with Crippen molar-refractivity contribution in [1.82, 2.24) is 4.90 Å². The van der Waals surface area contributed by atoms with Crippen molar-refractivity contribution in [3.05, 3.63) is 39.7 Å². The summed E-state index contributed by atoms with van der Waals surface area (Å²) in [5.74, 6) is -0.553. The summed E-state index contributed by atoms with van der Waals surface area (Å²) < 4.78 is 14.0. The minimum atomic E-state index is -0.598. The maximum Gasteiger partial charge on any atom is 0.272 e. The van der Waals surface area contributed by atoms with E-state index >= 15 is 0 Å². The second kappa shape index (κ2) is 7.47. The highest BCUT2D eigenvalue weighted by Crippen LogP contribution is 2.25. The molecule has 2 rings (SSSR count). The number of non-ortho nitro benzene ring substituents is 1. The summed E-state index contributed by atoms with van der Waals surface area (Å²) >= 11 is 0. The van der Waals surface area contributed by atoms with Crippen LogP contribution in [-0.2, 0) is 6.54 Å². The molecule has 1 saturated carbocycles. The maximum absolute atomic E-state index is 14.0. The minimum absolute atomic E-state index is 0.0328. The highest BCUT2D eigenvalue weighted by molar-refractivity contribution is 5.34. The topological polar surface area (TPSA) is 66.6 Å². The predicted octanol–water partition coefficient (Wildman–Crippen LogP) is 2.86. The first kappa shape index (κ1) is 15.9. The minimum Gasteiger partial charge on any atom is -0.395 e. The van der Waals surface area contributed by atoms with Crippen LogP contribution in [0.2, 0.25) is 0 Å². The van der Waals surface area contributed by atoms with Crippen molar-refractivity contribution in [2.45, 2.75) is 44.7 Å². The van der Waals surface area contributed by atoms with Crippen LogP contribution in [0.5, 0.6) is 0 Å². The lowest BCUT2D eigenvalue weighted by molar-refractivity contribution is -0.385. The molecular weight excluding hydrogens is 275 g/mol. The second-order valence-electron chi connectivity index (χ2n) is 5.52. The molecule has 116 valence electrons. The van der Waals surface area contributed by atoms with Gasteiger partial charge in [-0.15, -0.1) is 0 Å². The van der Waals surface area contributed by atoms with E-state index in [4.69, 9.17) is 0 Å². The van der Waals surface area contributed by atoms with E-state index in [1.807, 2.05) is 0 Å². The summed E-state index contributed by atoms with van der Waals surface area (Å²) in [5.41, 5.74) is 0.210. The van der Waals surface area contributed by atoms with E-state index in [1.165, 1.54) is 18.6 Å². The van der Waals surface area contributed by atoms with Gasteiger partial charge in [-0.2, -0.15) is 0 Å². The van der Waals surface area contributed by atoms with Crippen molar-refractivity contribution < 1.29 is 14.4 Å². The fraction of sp³-hybridized carbons (Fsp3) is 0.600. The Kier molecular flexibility index (Phi) is 5.64. The summed E-state index contributed by atoms with van der Waals surface area (Å²) in [7, 11) is 0. The Morgan fingerprint density at radius 3 is 2.62 bits per heavy atom. The molecule has 0 heterocycles. The summed E-state index contributed by atoms with van der Waals surface area (Å²) in [4.78, 5) is 12.1. The Bertz CT molecular complexity index is 490. The average molecular weight is 296 g/mol. The zero-order valence-corrected chi connectivity index (χ0v) is 12.0. The number of hydrogen-bond acceptors (Lipinski definition) is 4. The standard InChI is InChI=1S/C15H21FN2O3/c16-15-10-14(18(20)21)7-6-12(15)11-17(8-9-19)13-4-2-1-3-5-13/h6-7,10,13,19H,1-5,8-9,11H2. The maximum atomic E-state index is 14.0. The molecule has 1 aromatic rings. The number of nitrogens with zero attached hydrogens (tertiary/aromatic N) is 2. The molecule has 0 aliphatic heterocycles. The van der Waals surface area contributed by atoms with Gasteiger partial charge in [0.25, 0.3) is 5.69 Å². The van der Waals surface area contributed by atoms with Gasteiger partial charge in [-0.05, 0) is 18.9 Å². The number of aliphatic hydroxyl groups is 1. The largest absolute Gasteiger partial charge is 0.395 e. The van der Waals surface area contributed by atoms with Crippen LogP contribution in [0.15, 0.2) is 18.2 Å². The van der Waals surface area contributed by atoms with Crippen LogP contribution in [0, 0.1) is 15.9 Å². The Balaban J connectivity index is 2.10. The molecule has 1 aliphatic carbocycles. The Morgan fingerprint density at radius 2 is 2.05 bits per heavy atom. The quantitative estimate of drug-likeness (QED) is 0.647. The number of hydrogen-bond donors (Lipinski definition) is 1. The van der Waals surface area contributed by atoms with Crippen molar-refractivity contribution in [2.24, 2.45) is 0 Å². The molecule has 21 heavy (non-hydrogen) atoms. The summed E-state index contributed by atoms with van der Waals surface area (Å²) in [5, 5.41) is 19.8. The number of nitro groups is 1. The van der Waals surface area contributed by atoms with Crippen molar-refractivity contribution >= 4 is 5.69 Å². The molecule has 0 amide bonds. The zero-order chi connectivity index (χ0) is 15.2. The molecule has 0 atom stereocenters. The van der Waals surface area contributed by atoms with Crippen LogP contribution < -0.4 is 0 Å². The smallest absolute Gasteiger partial charge is 0.272 e. The number of benzene rings is 1. The van der Waals surface area contributed by atoms with Crippen molar-refractivity contribution in [3.8, 4) is 0 Å². The van der Waals surface area contributed by atoms with E-state index in [0.717, 1.165) is 31.7 Å². The number of halogens is 1. The number of nitro benzene ring substituents is 1. The molecule has 0 saturated heterocycles. The molecule has 1 fully saturated rings. The first-order valence-corrected chi connectivity index (χ1v) is 7.39. The first-order valence-electron chi connectivity index (χ1n) is 7.39. The van der Waals surface area contributed by atoms with Gasteiger partial charge in [-0.1, -0.05) is 19.3 Å². The third kappa shape index (κ3) is 4.22. The lowest BCUT2D eigenvalue weighted by Crippen LogP contribution is -2.38. The molecule has 0 aromatic heterocycles. The Hall–Kier alpha value is -1.53. The van der Waals surface area contributed by atoms with Gasteiger partial charge in [-0.25, -0.2) is 4.39 Å². The molecule has 0 bridgehead atoms. The normalized spacial score (nSPS) is 16.3. The third-order valence-electron chi connectivity index (χ3n) is 4.10. The summed E-state index contributed by atoms with van der Waals surface area (Å²) in [6.45, 7) is 0.918. The van der Waals surface area contributed by atoms with Gasteiger partial charge in [0.2, 0.25) is 0 Å². The molecular formula is C15H21FN2O3. The van der Waals surface area contributed by atoms with E-state index in [2.05, 4.69) is 4.90 Å². The van der Waals surface area contributed by atoms with Crippen LogP contribution in [0.25, 0.3) is 0 Å². The average Bonchev–Trinajstić information content (AvgIpc) is 2.49.